The van der Waals surface area contributed by atoms with E-state index in [1.54, 1.807) is 6.92 Å². The maximum Gasteiger partial charge on any atom is 0.343 e. The Kier molecular flexibility index (Phi) is 3.44. The molecule has 0 saturated carbocycles. The van der Waals surface area contributed by atoms with Crippen LogP contribution in [0.15, 0.2) is 11.1 Å². The number of carboxylic acids is 1. The summed E-state index contributed by atoms with van der Waals surface area (Å²) < 4.78 is 1.43. The van der Waals surface area contributed by atoms with Crippen LogP contribution in [0, 0.1) is 5.92 Å². The van der Waals surface area contributed by atoms with Gasteiger partial charge in [0.2, 0.25) is 0 Å². The van der Waals surface area contributed by atoms with Gasteiger partial charge in [-0.1, -0.05) is 6.92 Å². The molecule has 1 rings (SSSR count). The van der Waals surface area contributed by atoms with Gasteiger partial charge in [-0.2, -0.15) is 5.10 Å². The van der Waals surface area contributed by atoms with E-state index in [1.165, 1.54) is 10.9 Å². The summed E-state index contributed by atoms with van der Waals surface area (Å²) in [5.74, 6) is -1.16. The molecule has 1 heterocycles. The van der Waals surface area contributed by atoms with Gasteiger partial charge >= 0.3 is 11.7 Å². The Hall–Kier alpha value is -1.59. The van der Waals surface area contributed by atoms with Gasteiger partial charge in [0.25, 0.3) is 0 Å². The number of H-pyrrole nitrogens is 1. The van der Waals surface area contributed by atoms with E-state index in [0.717, 1.165) is 0 Å². The van der Waals surface area contributed by atoms with Crippen molar-refractivity contribution < 1.29 is 9.90 Å². The number of rotatable bonds is 5. The monoisotopic (exact) mass is 199 g/mol. The number of hydrogen-bond acceptors (Lipinski definition) is 3. The number of carbonyl (C=O) groups is 1. The molecular weight excluding hydrogens is 186 g/mol. The lowest BCUT2D eigenvalue weighted by Gasteiger charge is -2.04. The van der Waals surface area contributed by atoms with Crippen LogP contribution in [0.1, 0.15) is 19.8 Å². The molecule has 78 valence electrons. The molecule has 2 N–H and O–H groups in total. The highest BCUT2D eigenvalue weighted by molar-refractivity contribution is 5.69. The number of hydrogen-bond donors (Lipinski definition) is 2. The number of nitrogens with one attached hydrogen (secondary N) is 1. The van der Waals surface area contributed by atoms with Gasteiger partial charge in [0.1, 0.15) is 6.33 Å². The highest BCUT2D eigenvalue weighted by atomic mass is 16.4. The van der Waals surface area contributed by atoms with E-state index < -0.39 is 5.97 Å². The normalized spacial score (nSPS) is 12.6. The summed E-state index contributed by atoms with van der Waals surface area (Å²) in [5, 5.41) is 14.4. The number of carboxylic acid groups (broad SMARTS) is 1. The molecule has 0 bridgehead atoms. The van der Waals surface area contributed by atoms with Gasteiger partial charge < -0.3 is 5.11 Å². The smallest absolute Gasteiger partial charge is 0.343 e. The molecule has 0 amide bonds. The SMILES string of the molecule is CC(CCCn1cn[nH]c1=O)C(=O)O. The van der Waals surface area contributed by atoms with Crippen LogP contribution in [0.25, 0.3) is 0 Å². The molecule has 0 spiro atoms. The highest BCUT2D eigenvalue weighted by Crippen LogP contribution is 2.05. The van der Waals surface area contributed by atoms with E-state index in [1.807, 2.05) is 0 Å². The van der Waals surface area contributed by atoms with Crippen molar-refractivity contribution in [3.8, 4) is 0 Å². The summed E-state index contributed by atoms with van der Waals surface area (Å²) >= 11 is 0. The molecule has 0 aromatic carbocycles. The van der Waals surface area contributed by atoms with E-state index in [0.29, 0.717) is 19.4 Å². The average molecular weight is 199 g/mol. The number of aryl methyl sites for hydroxylation is 1. The largest absolute Gasteiger partial charge is 0.481 e. The third kappa shape index (κ3) is 2.72. The van der Waals surface area contributed by atoms with Gasteiger partial charge in [0.15, 0.2) is 0 Å². The number of aromatic amines is 1. The van der Waals surface area contributed by atoms with Crippen molar-refractivity contribution in [1.29, 1.82) is 0 Å². The van der Waals surface area contributed by atoms with Crippen LogP contribution in [0.4, 0.5) is 0 Å². The van der Waals surface area contributed by atoms with Crippen LogP contribution >= 0.6 is 0 Å². The quantitative estimate of drug-likeness (QED) is 0.702. The lowest BCUT2D eigenvalue weighted by Crippen LogP contribution is -2.17. The fraction of sp³-hybridized carbons (Fsp3) is 0.625. The maximum atomic E-state index is 11.0. The van der Waals surface area contributed by atoms with Crippen LogP contribution in [0.5, 0.6) is 0 Å². The Morgan fingerprint density at radius 1 is 1.79 bits per heavy atom. The van der Waals surface area contributed by atoms with E-state index in [-0.39, 0.29) is 11.6 Å². The van der Waals surface area contributed by atoms with Crippen molar-refractivity contribution in [1.82, 2.24) is 14.8 Å². The molecule has 0 fully saturated rings. The predicted octanol–water partition coefficient (Wildman–Crippen LogP) is 0.0723. The molecule has 1 atom stereocenters. The summed E-state index contributed by atoms with van der Waals surface area (Å²) in [5.41, 5.74) is -0.257. The molecule has 0 aliphatic heterocycles. The maximum absolute atomic E-state index is 11.0. The topological polar surface area (TPSA) is 88.0 Å². The molecule has 6 heteroatoms. The third-order valence-corrected chi connectivity index (χ3v) is 2.08. The highest BCUT2D eigenvalue weighted by Gasteiger charge is 2.10. The van der Waals surface area contributed by atoms with Crippen LogP contribution in [-0.2, 0) is 11.3 Å². The minimum Gasteiger partial charge on any atom is -0.481 e. The van der Waals surface area contributed by atoms with Crippen molar-refractivity contribution in [2.45, 2.75) is 26.3 Å². The van der Waals surface area contributed by atoms with Crippen molar-refractivity contribution in [2.24, 2.45) is 5.92 Å². The first-order valence-corrected chi connectivity index (χ1v) is 4.44. The standard InChI is InChI=1S/C8H13N3O3/c1-6(7(12)13)3-2-4-11-5-9-10-8(11)14/h5-6H,2-4H2,1H3,(H,10,14)(H,12,13). The van der Waals surface area contributed by atoms with Crippen molar-refractivity contribution in [2.75, 3.05) is 0 Å². The van der Waals surface area contributed by atoms with E-state index in [9.17, 15) is 9.59 Å². The molecular formula is C8H13N3O3. The lowest BCUT2D eigenvalue weighted by molar-refractivity contribution is -0.141. The zero-order valence-corrected chi connectivity index (χ0v) is 7.93. The first-order chi connectivity index (χ1) is 6.61. The van der Waals surface area contributed by atoms with Gasteiger partial charge in [0.05, 0.1) is 5.92 Å². The van der Waals surface area contributed by atoms with Gasteiger partial charge in [-0.05, 0) is 12.8 Å². The molecule has 14 heavy (non-hydrogen) atoms. The minimum atomic E-state index is -0.801. The van der Waals surface area contributed by atoms with Crippen LogP contribution in [-0.4, -0.2) is 25.8 Å². The lowest BCUT2D eigenvalue weighted by atomic mass is 10.1. The van der Waals surface area contributed by atoms with Gasteiger partial charge in [-0.15, -0.1) is 0 Å². The summed E-state index contributed by atoms with van der Waals surface area (Å²) in [6.07, 6.45) is 2.63. The van der Waals surface area contributed by atoms with Gasteiger partial charge in [-0.3, -0.25) is 9.36 Å². The third-order valence-electron chi connectivity index (χ3n) is 2.08. The first kappa shape index (κ1) is 10.5. The van der Waals surface area contributed by atoms with E-state index in [4.69, 9.17) is 5.11 Å². The molecule has 1 unspecified atom stereocenters. The Bertz CT molecular complexity index is 355. The Balaban J connectivity index is 2.32. The van der Waals surface area contributed by atoms with E-state index in [2.05, 4.69) is 10.2 Å². The summed E-state index contributed by atoms with van der Waals surface area (Å²) in [6, 6.07) is 0. The molecule has 6 nitrogen and oxygen atoms in total. The fourth-order valence-corrected chi connectivity index (χ4v) is 1.12. The fourth-order valence-electron chi connectivity index (χ4n) is 1.12. The predicted molar refractivity (Wildman–Crippen MR) is 48.9 cm³/mol. The van der Waals surface area contributed by atoms with Crippen LogP contribution < -0.4 is 5.69 Å². The van der Waals surface area contributed by atoms with Crippen molar-refractivity contribution in [3.63, 3.8) is 0 Å². The molecule has 0 aliphatic rings. The van der Waals surface area contributed by atoms with Crippen LogP contribution in [0.3, 0.4) is 0 Å². The average Bonchev–Trinajstić information content (AvgIpc) is 2.51. The van der Waals surface area contributed by atoms with Crippen molar-refractivity contribution in [3.05, 3.63) is 16.8 Å². The Morgan fingerprint density at radius 2 is 2.50 bits per heavy atom. The summed E-state index contributed by atoms with van der Waals surface area (Å²) in [6.45, 7) is 2.16. The molecule has 0 saturated heterocycles. The first-order valence-electron chi connectivity index (χ1n) is 4.44. The summed E-state index contributed by atoms with van der Waals surface area (Å²) in [7, 11) is 0. The van der Waals surface area contributed by atoms with Gasteiger partial charge in [-0.25, -0.2) is 9.89 Å². The molecule has 1 aromatic heterocycles. The van der Waals surface area contributed by atoms with E-state index >= 15 is 0 Å². The minimum absolute atomic E-state index is 0.257. The number of aliphatic carboxylic acids is 1. The number of nitrogens with zero attached hydrogens (tertiary/aromatic N) is 2. The van der Waals surface area contributed by atoms with Crippen LogP contribution in [0.2, 0.25) is 0 Å². The molecule has 0 aliphatic carbocycles. The zero-order chi connectivity index (χ0) is 10.6. The second kappa shape index (κ2) is 4.59. The van der Waals surface area contributed by atoms with Crippen molar-refractivity contribution >= 4 is 5.97 Å². The second-order valence-electron chi connectivity index (χ2n) is 3.24. The molecule has 1 aromatic rings. The Morgan fingerprint density at radius 3 is 3.00 bits per heavy atom. The molecule has 0 radical (unpaired) electrons. The Labute approximate surface area is 80.6 Å². The zero-order valence-electron chi connectivity index (χ0n) is 7.93. The second-order valence-corrected chi connectivity index (χ2v) is 3.24. The number of aromatic nitrogens is 3. The summed E-state index contributed by atoms with van der Waals surface area (Å²) in [4.78, 5) is 21.4. The van der Waals surface area contributed by atoms with Gasteiger partial charge in [0, 0.05) is 6.54 Å².